The molecule has 0 radical (unpaired) electrons. The topological polar surface area (TPSA) is 41.6 Å². The van der Waals surface area contributed by atoms with Gasteiger partial charge in [0.15, 0.2) is 0 Å². The third-order valence-corrected chi connectivity index (χ3v) is 1.71. The predicted octanol–water partition coefficient (Wildman–Crippen LogP) is 0.437. The van der Waals surface area contributed by atoms with E-state index < -0.39 is 0 Å². The van der Waals surface area contributed by atoms with Crippen molar-refractivity contribution in [1.82, 2.24) is 10.2 Å². The van der Waals surface area contributed by atoms with Crippen molar-refractivity contribution in [2.45, 2.75) is 20.0 Å². The van der Waals surface area contributed by atoms with Gasteiger partial charge in [-0.05, 0) is 13.8 Å². The van der Waals surface area contributed by atoms with Crippen LogP contribution in [0.15, 0.2) is 0 Å². The van der Waals surface area contributed by atoms with Crippen LogP contribution in [0.2, 0.25) is 0 Å². The number of hydrogen-bond acceptors (Lipinski definition) is 3. The van der Waals surface area contributed by atoms with E-state index in [1.165, 1.54) is 0 Å². The second-order valence-electron chi connectivity index (χ2n) is 3.17. The van der Waals surface area contributed by atoms with Crippen molar-refractivity contribution in [3.05, 3.63) is 0 Å². The second-order valence-corrected chi connectivity index (χ2v) is 3.17. The van der Waals surface area contributed by atoms with Gasteiger partial charge in [-0.25, -0.2) is 4.79 Å². The van der Waals surface area contributed by atoms with E-state index in [1.54, 1.807) is 4.90 Å². The minimum absolute atomic E-state index is 0.0209. The van der Waals surface area contributed by atoms with Gasteiger partial charge in [-0.3, -0.25) is 0 Å². The number of carbonyl (C=O) groups excluding carboxylic acids is 1. The van der Waals surface area contributed by atoms with E-state index in [0.717, 1.165) is 26.2 Å². The highest BCUT2D eigenvalue weighted by Gasteiger charge is 2.17. The second kappa shape index (κ2) is 4.30. The summed E-state index contributed by atoms with van der Waals surface area (Å²) in [6.07, 6.45) is -0.209. The standard InChI is InChI=1S/C8H16N2O2/c1-7(2)12-8(11)10-5-3-9-4-6-10/h7,9H,3-6H2,1-2H3. The molecule has 0 aliphatic carbocycles. The summed E-state index contributed by atoms with van der Waals surface area (Å²) >= 11 is 0. The first kappa shape index (κ1) is 9.32. The average Bonchev–Trinajstić information content (AvgIpc) is 2.05. The molecule has 0 saturated carbocycles. The molecular weight excluding hydrogens is 156 g/mol. The lowest BCUT2D eigenvalue weighted by atomic mass is 10.4. The van der Waals surface area contributed by atoms with Crippen molar-refractivity contribution in [2.75, 3.05) is 26.2 Å². The van der Waals surface area contributed by atoms with Crippen LogP contribution in [0, 0.1) is 0 Å². The van der Waals surface area contributed by atoms with Crippen LogP contribution in [-0.2, 0) is 4.74 Å². The number of nitrogens with zero attached hydrogens (tertiary/aromatic N) is 1. The van der Waals surface area contributed by atoms with Gasteiger partial charge in [0, 0.05) is 26.2 Å². The number of amides is 1. The van der Waals surface area contributed by atoms with E-state index in [1.807, 2.05) is 13.8 Å². The van der Waals surface area contributed by atoms with Crippen LogP contribution in [0.1, 0.15) is 13.8 Å². The first-order valence-corrected chi connectivity index (χ1v) is 4.36. The van der Waals surface area contributed by atoms with Crippen LogP contribution < -0.4 is 5.32 Å². The summed E-state index contributed by atoms with van der Waals surface area (Å²) in [6.45, 7) is 6.97. The Labute approximate surface area is 72.9 Å². The van der Waals surface area contributed by atoms with Crippen molar-refractivity contribution in [1.29, 1.82) is 0 Å². The fourth-order valence-electron chi connectivity index (χ4n) is 1.12. The Morgan fingerprint density at radius 1 is 1.42 bits per heavy atom. The molecule has 1 amide bonds. The summed E-state index contributed by atoms with van der Waals surface area (Å²) in [5, 5.41) is 3.17. The van der Waals surface area contributed by atoms with Gasteiger partial charge in [0.05, 0.1) is 6.10 Å². The zero-order chi connectivity index (χ0) is 8.97. The number of ether oxygens (including phenoxy) is 1. The molecule has 0 aromatic carbocycles. The molecule has 0 aromatic heterocycles. The SMILES string of the molecule is CC(C)OC(=O)N1CCNCC1. The van der Waals surface area contributed by atoms with Gasteiger partial charge in [0.1, 0.15) is 0 Å². The van der Waals surface area contributed by atoms with Crippen LogP contribution in [0.5, 0.6) is 0 Å². The van der Waals surface area contributed by atoms with Crippen LogP contribution in [0.4, 0.5) is 4.79 Å². The smallest absolute Gasteiger partial charge is 0.410 e. The maximum absolute atomic E-state index is 11.3. The van der Waals surface area contributed by atoms with E-state index in [0.29, 0.717) is 0 Å². The van der Waals surface area contributed by atoms with Gasteiger partial charge in [-0.1, -0.05) is 0 Å². The maximum atomic E-state index is 11.3. The number of piperazine rings is 1. The monoisotopic (exact) mass is 172 g/mol. The van der Waals surface area contributed by atoms with Crippen LogP contribution in [-0.4, -0.2) is 43.3 Å². The van der Waals surface area contributed by atoms with E-state index in [2.05, 4.69) is 5.32 Å². The molecule has 0 unspecified atom stereocenters. The summed E-state index contributed by atoms with van der Waals surface area (Å²) < 4.78 is 5.05. The highest BCUT2D eigenvalue weighted by atomic mass is 16.6. The Kier molecular flexibility index (Phi) is 3.34. The first-order chi connectivity index (χ1) is 5.70. The summed E-state index contributed by atoms with van der Waals surface area (Å²) in [5.74, 6) is 0. The number of rotatable bonds is 1. The lowest BCUT2D eigenvalue weighted by molar-refractivity contribution is 0.0732. The third-order valence-electron chi connectivity index (χ3n) is 1.71. The molecule has 0 bridgehead atoms. The zero-order valence-corrected chi connectivity index (χ0v) is 7.67. The number of carbonyl (C=O) groups is 1. The predicted molar refractivity (Wildman–Crippen MR) is 46.1 cm³/mol. The third kappa shape index (κ3) is 2.70. The van der Waals surface area contributed by atoms with Gasteiger partial charge < -0.3 is 15.0 Å². The van der Waals surface area contributed by atoms with Crippen LogP contribution in [0.3, 0.4) is 0 Å². The lowest BCUT2D eigenvalue weighted by Gasteiger charge is -2.27. The Morgan fingerprint density at radius 3 is 2.50 bits per heavy atom. The molecule has 1 N–H and O–H groups in total. The minimum atomic E-state index is -0.188. The summed E-state index contributed by atoms with van der Waals surface area (Å²) in [7, 11) is 0. The first-order valence-electron chi connectivity index (χ1n) is 4.36. The quantitative estimate of drug-likeness (QED) is 0.624. The molecule has 1 aliphatic rings. The van der Waals surface area contributed by atoms with Gasteiger partial charge >= 0.3 is 6.09 Å². The van der Waals surface area contributed by atoms with Crippen molar-refractivity contribution >= 4 is 6.09 Å². The van der Waals surface area contributed by atoms with Gasteiger partial charge in [-0.2, -0.15) is 0 Å². The molecule has 70 valence electrons. The van der Waals surface area contributed by atoms with Gasteiger partial charge in [0.2, 0.25) is 0 Å². The van der Waals surface area contributed by atoms with Crippen molar-refractivity contribution in [3.63, 3.8) is 0 Å². The minimum Gasteiger partial charge on any atom is -0.447 e. The summed E-state index contributed by atoms with van der Waals surface area (Å²) in [4.78, 5) is 13.0. The molecule has 0 atom stereocenters. The van der Waals surface area contributed by atoms with Crippen molar-refractivity contribution in [3.8, 4) is 0 Å². The Balaban J connectivity index is 2.30. The molecule has 0 spiro atoms. The zero-order valence-electron chi connectivity index (χ0n) is 7.67. The van der Waals surface area contributed by atoms with E-state index in [9.17, 15) is 4.79 Å². The molecule has 1 heterocycles. The lowest BCUT2D eigenvalue weighted by Crippen LogP contribution is -2.47. The molecule has 4 heteroatoms. The molecule has 4 nitrogen and oxygen atoms in total. The fourth-order valence-corrected chi connectivity index (χ4v) is 1.12. The molecule has 12 heavy (non-hydrogen) atoms. The highest BCUT2D eigenvalue weighted by molar-refractivity contribution is 5.67. The largest absolute Gasteiger partial charge is 0.447 e. The van der Waals surface area contributed by atoms with Crippen molar-refractivity contribution in [2.24, 2.45) is 0 Å². The maximum Gasteiger partial charge on any atom is 0.410 e. The summed E-state index contributed by atoms with van der Waals surface area (Å²) in [6, 6.07) is 0. The van der Waals surface area contributed by atoms with E-state index in [-0.39, 0.29) is 12.2 Å². The van der Waals surface area contributed by atoms with Crippen LogP contribution >= 0.6 is 0 Å². The fraction of sp³-hybridized carbons (Fsp3) is 0.875. The van der Waals surface area contributed by atoms with Gasteiger partial charge in [-0.15, -0.1) is 0 Å². The van der Waals surface area contributed by atoms with E-state index >= 15 is 0 Å². The Bertz CT molecular complexity index is 153. The highest BCUT2D eigenvalue weighted by Crippen LogP contribution is 1.99. The Morgan fingerprint density at radius 2 is 2.00 bits per heavy atom. The number of nitrogens with one attached hydrogen (secondary N) is 1. The average molecular weight is 172 g/mol. The molecular formula is C8H16N2O2. The normalized spacial score (nSPS) is 18.1. The Hall–Kier alpha value is -0.770. The molecule has 1 aliphatic heterocycles. The molecule has 1 rings (SSSR count). The molecule has 1 fully saturated rings. The number of hydrogen-bond donors (Lipinski definition) is 1. The summed E-state index contributed by atoms with van der Waals surface area (Å²) in [5.41, 5.74) is 0. The molecule has 1 saturated heterocycles. The van der Waals surface area contributed by atoms with Gasteiger partial charge in [0.25, 0.3) is 0 Å². The molecule has 0 aromatic rings. The van der Waals surface area contributed by atoms with Crippen LogP contribution in [0.25, 0.3) is 0 Å². The van der Waals surface area contributed by atoms with E-state index in [4.69, 9.17) is 4.74 Å². The van der Waals surface area contributed by atoms with Crippen molar-refractivity contribution < 1.29 is 9.53 Å².